The van der Waals surface area contributed by atoms with Gasteiger partial charge in [0, 0.05) is 66.8 Å². The Morgan fingerprint density at radius 1 is 0.508 bits per heavy atom. The smallest absolute Gasteiger partial charge is 0.135 e. The maximum atomic E-state index is 6.68. The van der Waals surface area contributed by atoms with Crippen molar-refractivity contribution in [3.05, 3.63) is 186 Å². The predicted molar refractivity (Wildman–Crippen MR) is 259 cm³/mol. The van der Waals surface area contributed by atoms with E-state index >= 15 is 0 Å². The summed E-state index contributed by atoms with van der Waals surface area (Å²) in [5.74, 6) is 2.05. The summed E-state index contributed by atoms with van der Waals surface area (Å²) in [6.07, 6.45) is 1.92. The number of fused-ring (bicyclic) bond motifs is 4. The van der Waals surface area contributed by atoms with Gasteiger partial charge in [0.2, 0.25) is 0 Å². The van der Waals surface area contributed by atoms with Crippen LogP contribution in [0.25, 0.3) is 27.6 Å². The van der Waals surface area contributed by atoms with Crippen LogP contribution in [0.4, 0.5) is 22.7 Å². The molecule has 324 valence electrons. The minimum Gasteiger partial charge on any atom is -0.509 e. The van der Waals surface area contributed by atoms with Gasteiger partial charge in [-0.3, -0.25) is 0 Å². The maximum absolute atomic E-state index is 6.68. The Hall–Kier alpha value is -5.64. The van der Waals surface area contributed by atoms with E-state index < -0.39 is 0 Å². The standard InChI is InChI=1S/C57H57N4O.Pt/c1-54(2,3)39-24-27-50-52(33-39)60(44-31-41(55(4,5)6)30-42(32-44)56(7,8)9)37-59(50)43-20-17-21-45(35-43)62-46-25-26-48-47-22-15-16-23-49(47)61(51(48)36-46)53-34-40(28-29-58-53)57(10,11)38-18-13-12-14-19-38;/h12-34,37H,1-11H3;/q-3;. The number of nitrogens with zero attached hydrogens (tertiary/aromatic N) is 4. The van der Waals surface area contributed by atoms with Crippen molar-refractivity contribution < 1.29 is 25.8 Å². The molecule has 9 rings (SSSR count). The Labute approximate surface area is 389 Å². The first-order chi connectivity index (χ1) is 29.4. The number of aromatic nitrogens is 2. The molecule has 0 N–H and O–H groups in total. The average Bonchev–Trinajstić information content (AvgIpc) is 3.79. The van der Waals surface area contributed by atoms with Gasteiger partial charge >= 0.3 is 0 Å². The molecule has 0 saturated carbocycles. The van der Waals surface area contributed by atoms with Crippen LogP contribution in [0.3, 0.4) is 0 Å². The summed E-state index contributed by atoms with van der Waals surface area (Å²) in [5.41, 5.74) is 12.3. The molecule has 0 amide bonds. The van der Waals surface area contributed by atoms with Gasteiger partial charge in [-0.15, -0.1) is 48.1 Å². The van der Waals surface area contributed by atoms with Crippen molar-refractivity contribution in [2.75, 3.05) is 9.80 Å². The fourth-order valence-corrected chi connectivity index (χ4v) is 8.52. The van der Waals surface area contributed by atoms with Gasteiger partial charge in [-0.2, -0.15) is 12.1 Å². The molecule has 5 nitrogen and oxygen atoms in total. The second kappa shape index (κ2) is 16.2. The van der Waals surface area contributed by atoms with E-state index in [-0.39, 0.29) is 42.7 Å². The molecule has 0 radical (unpaired) electrons. The van der Waals surface area contributed by atoms with Crippen LogP contribution in [0.15, 0.2) is 140 Å². The van der Waals surface area contributed by atoms with Gasteiger partial charge < -0.3 is 19.1 Å². The van der Waals surface area contributed by atoms with Crippen LogP contribution in [-0.4, -0.2) is 9.55 Å². The van der Waals surface area contributed by atoms with Gasteiger partial charge in [-0.25, -0.2) is 4.98 Å². The van der Waals surface area contributed by atoms with Crippen molar-refractivity contribution in [2.24, 2.45) is 0 Å². The Kier molecular flexibility index (Phi) is 11.3. The monoisotopic (exact) mass is 1010 g/mol. The number of anilines is 4. The van der Waals surface area contributed by atoms with Gasteiger partial charge in [-0.1, -0.05) is 142 Å². The van der Waals surface area contributed by atoms with Crippen molar-refractivity contribution in [1.82, 2.24) is 9.55 Å². The van der Waals surface area contributed by atoms with Crippen molar-refractivity contribution in [3.8, 4) is 17.3 Å². The molecule has 3 heterocycles. The van der Waals surface area contributed by atoms with E-state index in [2.05, 4.69) is 225 Å². The van der Waals surface area contributed by atoms with Gasteiger partial charge in [0.25, 0.3) is 0 Å². The Morgan fingerprint density at radius 3 is 1.87 bits per heavy atom. The van der Waals surface area contributed by atoms with Crippen LogP contribution in [0, 0.1) is 18.8 Å². The minimum atomic E-state index is -0.221. The molecule has 0 aliphatic carbocycles. The van der Waals surface area contributed by atoms with E-state index in [1.165, 1.54) is 27.8 Å². The second-order valence-corrected chi connectivity index (χ2v) is 20.4. The fourth-order valence-electron chi connectivity index (χ4n) is 8.52. The zero-order valence-corrected chi connectivity index (χ0v) is 40.6. The van der Waals surface area contributed by atoms with Gasteiger partial charge in [0.15, 0.2) is 0 Å². The summed E-state index contributed by atoms with van der Waals surface area (Å²) in [4.78, 5) is 9.52. The van der Waals surface area contributed by atoms with Crippen molar-refractivity contribution in [2.45, 2.75) is 97.8 Å². The molecule has 0 saturated heterocycles. The first-order valence-corrected chi connectivity index (χ1v) is 21.8. The molecule has 1 aliphatic rings. The molecule has 0 spiro atoms. The van der Waals surface area contributed by atoms with E-state index in [1.54, 1.807) is 0 Å². The van der Waals surface area contributed by atoms with Crippen molar-refractivity contribution in [3.63, 3.8) is 0 Å². The van der Waals surface area contributed by atoms with E-state index in [9.17, 15) is 0 Å². The minimum absolute atomic E-state index is 0. The molecular weight excluding hydrogens is 952 g/mol. The number of benzene rings is 6. The van der Waals surface area contributed by atoms with Crippen LogP contribution in [0.2, 0.25) is 0 Å². The van der Waals surface area contributed by atoms with Gasteiger partial charge in [0.05, 0.1) is 0 Å². The molecule has 8 aromatic rings. The van der Waals surface area contributed by atoms with Crippen LogP contribution in [0.5, 0.6) is 11.5 Å². The van der Waals surface area contributed by atoms with Crippen LogP contribution >= 0.6 is 0 Å². The summed E-state index contributed by atoms with van der Waals surface area (Å²) in [6.45, 7) is 27.3. The van der Waals surface area contributed by atoms with Gasteiger partial charge in [-0.05, 0) is 91.9 Å². The zero-order valence-electron chi connectivity index (χ0n) is 38.4. The average molecular weight is 1010 g/mol. The summed E-state index contributed by atoms with van der Waals surface area (Å²) in [7, 11) is 0. The molecule has 0 atom stereocenters. The maximum Gasteiger partial charge on any atom is 0.135 e. The number of pyridine rings is 1. The molecule has 1 aliphatic heterocycles. The molecule has 6 aromatic carbocycles. The van der Waals surface area contributed by atoms with Crippen LogP contribution in [-0.2, 0) is 42.7 Å². The third-order valence-corrected chi connectivity index (χ3v) is 12.5. The van der Waals surface area contributed by atoms with E-state index in [4.69, 9.17) is 9.72 Å². The first kappa shape index (κ1) is 44.0. The second-order valence-electron chi connectivity index (χ2n) is 20.4. The normalized spacial score (nSPS) is 13.4. The molecule has 63 heavy (non-hydrogen) atoms. The Morgan fingerprint density at radius 2 is 1.17 bits per heavy atom. The fraction of sp³-hybridized carbons (Fsp3) is 0.263. The van der Waals surface area contributed by atoms with Crippen LogP contribution in [0.1, 0.15) is 104 Å². The third kappa shape index (κ3) is 8.33. The van der Waals surface area contributed by atoms with E-state index in [1.807, 2.05) is 24.4 Å². The quantitative estimate of drug-likeness (QED) is 0.149. The third-order valence-electron chi connectivity index (χ3n) is 12.5. The first-order valence-electron chi connectivity index (χ1n) is 21.8. The predicted octanol–water partition coefficient (Wildman–Crippen LogP) is 15.2. The molecular formula is C57H57N4OPt-3. The molecule has 2 aromatic heterocycles. The van der Waals surface area contributed by atoms with Crippen LogP contribution < -0.4 is 14.5 Å². The molecule has 6 heteroatoms. The largest absolute Gasteiger partial charge is 0.509 e. The summed E-state index contributed by atoms with van der Waals surface area (Å²) in [5, 5.41) is 2.22. The Balaban J connectivity index is 0.00000544. The summed E-state index contributed by atoms with van der Waals surface area (Å²) >= 11 is 0. The summed E-state index contributed by atoms with van der Waals surface area (Å²) in [6, 6.07) is 54.9. The molecule has 0 unspecified atom stereocenters. The molecule has 0 bridgehead atoms. The number of hydrogen-bond donors (Lipinski definition) is 0. The van der Waals surface area contributed by atoms with E-state index in [0.29, 0.717) is 11.5 Å². The van der Waals surface area contributed by atoms with E-state index in [0.717, 1.165) is 50.4 Å². The topological polar surface area (TPSA) is 33.5 Å². The number of para-hydroxylation sites is 1. The number of ether oxygens (including phenoxy) is 1. The van der Waals surface area contributed by atoms with Crippen molar-refractivity contribution >= 4 is 44.6 Å². The van der Waals surface area contributed by atoms with Crippen molar-refractivity contribution in [1.29, 1.82) is 0 Å². The molecule has 0 fully saturated rings. The zero-order chi connectivity index (χ0) is 43.8. The van der Waals surface area contributed by atoms with Gasteiger partial charge in [0.1, 0.15) is 5.82 Å². The summed E-state index contributed by atoms with van der Waals surface area (Å²) < 4.78 is 8.89. The number of hydrogen-bond acceptors (Lipinski definition) is 4. The SMILES string of the molecule is CC(C)(C)c1cc(N2[CH-]N(c3[c-]c(Oc4[c-]c5c(cc4)c4ccccc4n5-c4cc(C(C)(C)c5ccccc5)ccn4)ccc3)c3ccc(C(C)(C)C)cc32)cc(C(C)(C)C)c1.[Pt]. The number of rotatable bonds is 7. The Bertz CT molecular complexity index is 2930.